The van der Waals surface area contributed by atoms with Gasteiger partial charge in [-0.05, 0) is 36.9 Å². The van der Waals surface area contributed by atoms with E-state index in [1.54, 1.807) is 11.3 Å². The quantitative estimate of drug-likeness (QED) is 0.239. The molecule has 5 nitrogen and oxygen atoms in total. The molecule has 7 heteroatoms. The number of halogens is 1. The summed E-state index contributed by atoms with van der Waals surface area (Å²) in [5.74, 6) is 0.772. The highest BCUT2D eigenvalue weighted by atomic mass is 127. The maximum absolute atomic E-state index is 11.9. The highest BCUT2D eigenvalue weighted by Crippen LogP contribution is 2.09. The van der Waals surface area contributed by atoms with Crippen molar-refractivity contribution in [1.29, 1.82) is 0 Å². The third-order valence-corrected chi connectivity index (χ3v) is 4.15. The molecule has 1 heterocycles. The number of amides is 1. The van der Waals surface area contributed by atoms with E-state index in [0.29, 0.717) is 18.7 Å². The van der Waals surface area contributed by atoms with Crippen LogP contribution in [0.1, 0.15) is 28.6 Å². The lowest BCUT2D eigenvalue weighted by Crippen LogP contribution is -2.38. The Morgan fingerprint density at radius 1 is 1.04 bits per heavy atom. The first kappa shape index (κ1) is 21.4. The third kappa shape index (κ3) is 8.35. The van der Waals surface area contributed by atoms with Crippen molar-refractivity contribution < 1.29 is 4.79 Å². The van der Waals surface area contributed by atoms with E-state index in [9.17, 15) is 4.79 Å². The molecule has 0 aliphatic rings. The molecular formula is C18H25IN4OS. The second-order valence-corrected chi connectivity index (χ2v) is 6.21. The topological polar surface area (TPSA) is 65.5 Å². The molecule has 1 aromatic heterocycles. The second-order valence-electron chi connectivity index (χ2n) is 5.18. The summed E-state index contributed by atoms with van der Waals surface area (Å²) < 4.78 is 0. The van der Waals surface area contributed by atoms with Gasteiger partial charge in [0.05, 0.1) is 6.54 Å². The molecule has 2 rings (SSSR count). The largest absolute Gasteiger partial charge is 0.357 e. The monoisotopic (exact) mass is 472 g/mol. The van der Waals surface area contributed by atoms with Crippen LogP contribution in [0.5, 0.6) is 0 Å². The van der Waals surface area contributed by atoms with Gasteiger partial charge in [0.1, 0.15) is 0 Å². The van der Waals surface area contributed by atoms with E-state index in [1.165, 1.54) is 4.88 Å². The number of rotatable bonds is 8. The van der Waals surface area contributed by atoms with Crippen molar-refractivity contribution in [3.05, 3.63) is 58.3 Å². The number of carbonyl (C=O) groups is 1. The number of carbonyl (C=O) groups excluding carboxylic acids is 1. The predicted molar refractivity (Wildman–Crippen MR) is 116 cm³/mol. The van der Waals surface area contributed by atoms with Crippen molar-refractivity contribution in [1.82, 2.24) is 16.0 Å². The number of thiophene rings is 1. The Bertz CT molecular complexity index is 632. The van der Waals surface area contributed by atoms with Crippen LogP contribution in [-0.2, 0) is 6.54 Å². The molecule has 3 N–H and O–H groups in total. The molecule has 0 aliphatic carbocycles. The number of hydrogen-bond acceptors (Lipinski definition) is 3. The number of hydrogen-bond donors (Lipinski definition) is 3. The Labute approximate surface area is 170 Å². The fraction of sp³-hybridized carbons (Fsp3) is 0.333. The number of benzene rings is 1. The molecule has 1 aromatic carbocycles. The maximum atomic E-state index is 11.9. The minimum absolute atomic E-state index is 0. The summed E-state index contributed by atoms with van der Waals surface area (Å²) >= 11 is 1.71. The van der Waals surface area contributed by atoms with Crippen LogP contribution >= 0.6 is 35.3 Å². The zero-order valence-corrected chi connectivity index (χ0v) is 17.5. The van der Waals surface area contributed by atoms with Gasteiger partial charge < -0.3 is 16.0 Å². The fourth-order valence-corrected chi connectivity index (χ4v) is 2.72. The maximum Gasteiger partial charge on any atom is 0.251 e. The highest BCUT2D eigenvalue weighted by Gasteiger charge is 2.03. The van der Waals surface area contributed by atoms with Gasteiger partial charge in [-0.2, -0.15) is 0 Å². The first-order valence-electron chi connectivity index (χ1n) is 8.17. The number of nitrogens with zero attached hydrogens (tertiary/aromatic N) is 1. The van der Waals surface area contributed by atoms with Crippen molar-refractivity contribution in [3.63, 3.8) is 0 Å². The molecule has 25 heavy (non-hydrogen) atoms. The zero-order chi connectivity index (χ0) is 17.0. The van der Waals surface area contributed by atoms with Crippen LogP contribution in [-0.4, -0.2) is 31.5 Å². The van der Waals surface area contributed by atoms with E-state index in [0.717, 1.165) is 25.5 Å². The molecule has 0 aliphatic heterocycles. The third-order valence-electron chi connectivity index (χ3n) is 3.28. The summed E-state index contributed by atoms with van der Waals surface area (Å²) in [6, 6.07) is 13.4. The van der Waals surface area contributed by atoms with Crippen LogP contribution in [0.4, 0.5) is 0 Å². The summed E-state index contributed by atoms with van der Waals surface area (Å²) in [6.45, 7) is 4.93. The van der Waals surface area contributed by atoms with E-state index < -0.39 is 0 Å². The Kier molecular flexibility index (Phi) is 10.9. The minimum atomic E-state index is -0.0335. The van der Waals surface area contributed by atoms with E-state index >= 15 is 0 Å². The van der Waals surface area contributed by atoms with E-state index in [4.69, 9.17) is 0 Å². The molecule has 0 fully saturated rings. The van der Waals surface area contributed by atoms with Crippen LogP contribution in [0, 0.1) is 0 Å². The summed E-state index contributed by atoms with van der Waals surface area (Å²) in [4.78, 5) is 17.7. The number of nitrogens with one attached hydrogen (secondary N) is 3. The van der Waals surface area contributed by atoms with E-state index in [2.05, 4.69) is 32.4 Å². The molecule has 0 saturated carbocycles. The number of aliphatic imine (C=N–C) groups is 1. The molecule has 1 amide bonds. The van der Waals surface area contributed by atoms with Crippen molar-refractivity contribution >= 4 is 47.2 Å². The first-order chi connectivity index (χ1) is 11.8. The van der Waals surface area contributed by atoms with Gasteiger partial charge in [-0.15, -0.1) is 35.3 Å². The van der Waals surface area contributed by atoms with Crippen molar-refractivity contribution in [3.8, 4) is 0 Å². The molecule has 136 valence electrons. The molecule has 0 spiro atoms. The van der Waals surface area contributed by atoms with Gasteiger partial charge in [0, 0.05) is 30.1 Å². The van der Waals surface area contributed by atoms with Crippen LogP contribution in [0.25, 0.3) is 0 Å². The molecule has 0 bridgehead atoms. The molecule has 0 saturated heterocycles. The van der Waals surface area contributed by atoms with Gasteiger partial charge in [0.25, 0.3) is 5.91 Å². The predicted octanol–water partition coefficient (Wildman–Crippen LogP) is 3.24. The molecule has 0 unspecified atom stereocenters. The van der Waals surface area contributed by atoms with Gasteiger partial charge in [-0.1, -0.05) is 24.3 Å². The molecule has 0 atom stereocenters. The average Bonchev–Trinajstić information content (AvgIpc) is 3.13. The lowest BCUT2D eigenvalue weighted by Gasteiger charge is -2.11. The summed E-state index contributed by atoms with van der Waals surface area (Å²) in [5.41, 5.74) is 0.691. The molecule has 0 radical (unpaired) electrons. The molecular weight excluding hydrogens is 447 g/mol. The summed E-state index contributed by atoms with van der Waals surface area (Å²) in [5, 5.41) is 11.5. The Hall–Kier alpha value is -1.61. The van der Waals surface area contributed by atoms with Crippen LogP contribution in [0.2, 0.25) is 0 Å². The smallest absolute Gasteiger partial charge is 0.251 e. The van der Waals surface area contributed by atoms with E-state index in [-0.39, 0.29) is 29.9 Å². The fourth-order valence-electron chi connectivity index (χ4n) is 2.09. The minimum Gasteiger partial charge on any atom is -0.357 e. The SMILES string of the molecule is CCNC(=NCc1cccs1)NCCCNC(=O)c1ccccc1.I. The second kappa shape index (κ2) is 12.7. The van der Waals surface area contributed by atoms with Crippen LogP contribution in [0.3, 0.4) is 0 Å². The van der Waals surface area contributed by atoms with Gasteiger partial charge in [0.2, 0.25) is 0 Å². The highest BCUT2D eigenvalue weighted by molar-refractivity contribution is 14.0. The average molecular weight is 472 g/mol. The molecule has 2 aromatic rings. The summed E-state index contributed by atoms with van der Waals surface area (Å²) in [7, 11) is 0. The summed E-state index contributed by atoms with van der Waals surface area (Å²) in [6.07, 6.45) is 0.835. The standard InChI is InChI=1S/C18H24N4OS.HI/c1-2-19-18(22-14-16-10-6-13-24-16)21-12-7-11-20-17(23)15-8-4-3-5-9-15;/h3-6,8-10,13H,2,7,11-12,14H2,1H3,(H,20,23)(H2,19,21,22);1H. The Morgan fingerprint density at radius 3 is 2.48 bits per heavy atom. The van der Waals surface area contributed by atoms with Crippen molar-refractivity contribution in [2.75, 3.05) is 19.6 Å². The van der Waals surface area contributed by atoms with Gasteiger partial charge in [0.15, 0.2) is 5.96 Å². The Balaban J connectivity index is 0.00000312. The van der Waals surface area contributed by atoms with Gasteiger partial charge >= 0.3 is 0 Å². The normalized spacial score (nSPS) is 10.7. The van der Waals surface area contributed by atoms with Crippen molar-refractivity contribution in [2.24, 2.45) is 4.99 Å². The van der Waals surface area contributed by atoms with Gasteiger partial charge in [-0.25, -0.2) is 4.99 Å². The zero-order valence-electron chi connectivity index (χ0n) is 14.3. The van der Waals surface area contributed by atoms with E-state index in [1.807, 2.05) is 43.3 Å². The van der Waals surface area contributed by atoms with Crippen LogP contribution < -0.4 is 16.0 Å². The Morgan fingerprint density at radius 2 is 1.80 bits per heavy atom. The first-order valence-corrected chi connectivity index (χ1v) is 9.05. The van der Waals surface area contributed by atoms with Gasteiger partial charge in [-0.3, -0.25) is 4.79 Å². The lowest BCUT2D eigenvalue weighted by atomic mass is 10.2. The van der Waals surface area contributed by atoms with Crippen molar-refractivity contribution in [2.45, 2.75) is 19.9 Å². The lowest BCUT2D eigenvalue weighted by molar-refractivity contribution is 0.0953. The number of guanidine groups is 1. The van der Waals surface area contributed by atoms with Crippen LogP contribution in [0.15, 0.2) is 52.8 Å².